The summed E-state index contributed by atoms with van der Waals surface area (Å²) < 4.78 is 0. The molecule has 0 bridgehead atoms. The van der Waals surface area contributed by atoms with Gasteiger partial charge < -0.3 is 10.2 Å². The Morgan fingerprint density at radius 3 is 2.20 bits per heavy atom. The average molecular weight is 266 g/mol. The molecule has 0 aromatic heterocycles. The van der Waals surface area contributed by atoms with Crippen LogP contribution in [-0.2, 0) is 9.59 Å². The smallest absolute Gasteiger partial charge is 0.336 e. The predicted molar refractivity (Wildman–Crippen MR) is 75.2 cm³/mol. The van der Waals surface area contributed by atoms with Crippen molar-refractivity contribution >= 4 is 33.9 Å². The number of carbonyl (C=O) groups is 2. The minimum Gasteiger partial charge on any atom is -0.478 e. The van der Waals surface area contributed by atoms with Gasteiger partial charge in [-0.1, -0.05) is 36.4 Å². The van der Waals surface area contributed by atoms with Gasteiger partial charge in [-0.3, -0.25) is 0 Å². The SMILES string of the molecule is O=C(O)/C=C\C1=C(C(=O)O)c2cccc3cccc1c23. The van der Waals surface area contributed by atoms with Gasteiger partial charge in [-0.05, 0) is 33.5 Å². The Hall–Kier alpha value is -2.88. The molecule has 3 rings (SSSR count). The van der Waals surface area contributed by atoms with E-state index < -0.39 is 11.9 Å². The molecule has 0 saturated carbocycles. The molecular formula is C16H10O4. The van der Waals surface area contributed by atoms with Gasteiger partial charge in [0.1, 0.15) is 0 Å². The highest BCUT2D eigenvalue weighted by molar-refractivity contribution is 6.33. The number of benzene rings is 2. The summed E-state index contributed by atoms with van der Waals surface area (Å²) in [6.07, 6.45) is 2.31. The highest BCUT2D eigenvalue weighted by Crippen LogP contribution is 2.42. The Labute approximate surface area is 114 Å². The molecule has 20 heavy (non-hydrogen) atoms. The minimum absolute atomic E-state index is 0.148. The van der Waals surface area contributed by atoms with E-state index in [4.69, 9.17) is 5.11 Å². The molecule has 0 atom stereocenters. The lowest BCUT2D eigenvalue weighted by Crippen LogP contribution is -1.99. The van der Waals surface area contributed by atoms with Gasteiger partial charge >= 0.3 is 11.9 Å². The van der Waals surface area contributed by atoms with Gasteiger partial charge in [-0.25, -0.2) is 9.59 Å². The van der Waals surface area contributed by atoms with Gasteiger partial charge in [0.2, 0.25) is 0 Å². The Morgan fingerprint density at radius 2 is 1.60 bits per heavy atom. The molecule has 0 amide bonds. The normalized spacial score (nSPS) is 13.4. The van der Waals surface area contributed by atoms with E-state index in [0.29, 0.717) is 11.1 Å². The number of rotatable bonds is 3. The molecule has 4 heteroatoms. The topological polar surface area (TPSA) is 74.6 Å². The van der Waals surface area contributed by atoms with E-state index in [1.54, 1.807) is 12.1 Å². The summed E-state index contributed by atoms with van der Waals surface area (Å²) in [5.74, 6) is -2.16. The first kappa shape index (κ1) is 12.2. The van der Waals surface area contributed by atoms with Crippen LogP contribution < -0.4 is 0 Å². The summed E-state index contributed by atoms with van der Waals surface area (Å²) in [4.78, 5) is 22.2. The zero-order valence-corrected chi connectivity index (χ0v) is 10.3. The fourth-order valence-corrected chi connectivity index (χ4v) is 2.61. The van der Waals surface area contributed by atoms with Crippen molar-refractivity contribution in [1.29, 1.82) is 0 Å². The second-order valence-corrected chi connectivity index (χ2v) is 4.47. The Balaban J connectivity index is 2.36. The minimum atomic E-state index is -1.11. The van der Waals surface area contributed by atoms with Gasteiger partial charge in [0.25, 0.3) is 0 Å². The lowest BCUT2D eigenvalue weighted by molar-refractivity contribution is -0.132. The molecule has 0 unspecified atom stereocenters. The summed E-state index contributed by atoms with van der Waals surface area (Å²) in [5, 5.41) is 20.0. The lowest BCUT2D eigenvalue weighted by Gasteiger charge is -2.01. The predicted octanol–water partition coefficient (Wildman–Crippen LogP) is 2.79. The molecule has 2 aromatic rings. The van der Waals surface area contributed by atoms with E-state index in [-0.39, 0.29) is 5.57 Å². The average Bonchev–Trinajstić information content (AvgIpc) is 2.73. The van der Waals surface area contributed by atoms with E-state index in [1.807, 2.05) is 24.3 Å². The van der Waals surface area contributed by atoms with Gasteiger partial charge in [0, 0.05) is 6.08 Å². The van der Waals surface area contributed by atoms with Crippen molar-refractivity contribution in [2.24, 2.45) is 0 Å². The van der Waals surface area contributed by atoms with Gasteiger partial charge in [-0.15, -0.1) is 0 Å². The maximum absolute atomic E-state index is 11.5. The van der Waals surface area contributed by atoms with Crippen LogP contribution in [0.3, 0.4) is 0 Å². The molecule has 1 aliphatic rings. The summed E-state index contributed by atoms with van der Waals surface area (Å²) in [5.41, 5.74) is 1.98. The molecule has 0 fully saturated rings. The number of allylic oxidation sites excluding steroid dienone is 2. The van der Waals surface area contributed by atoms with E-state index in [2.05, 4.69) is 0 Å². The van der Waals surface area contributed by atoms with Gasteiger partial charge in [0.15, 0.2) is 0 Å². The standard InChI is InChI=1S/C16H10O4/c17-13(18)8-7-11-10-5-1-3-9-4-2-6-12(14(9)10)15(11)16(19)20/h1-8H,(H,17,18)(H,19,20)/b8-7-. The second kappa shape index (κ2) is 4.35. The fraction of sp³-hybridized carbons (Fsp3) is 0. The van der Waals surface area contributed by atoms with Crippen LogP contribution in [0.4, 0.5) is 0 Å². The van der Waals surface area contributed by atoms with Crippen molar-refractivity contribution in [3.63, 3.8) is 0 Å². The largest absolute Gasteiger partial charge is 0.478 e. The first-order chi connectivity index (χ1) is 9.59. The van der Waals surface area contributed by atoms with Crippen LogP contribution >= 0.6 is 0 Å². The van der Waals surface area contributed by atoms with Gasteiger partial charge in [0.05, 0.1) is 5.57 Å². The summed E-state index contributed by atoms with van der Waals surface area (Å²) in [7, 11) is 0. The molecule has 98 valence electrons. The van der Waals surface area contributed by atoms with Crippen molar-refractivity contribution in [2.45, 2.75) is 0 Å². The van der Waals surface area contributed by atoms with Crippen LogP contribution in [-0.4, -0.2) is 22.2 Å². The lowest BCUT2D eigenvalue weighted by atomic mass is 10.0. The first-order valence-corrected chi connectivity index (χ1v) is 6.00. The molecule has 2 N–H and O–H groups in total. The van der Waals surface area contributed by atoms with Crippen LogP contribution in [0.2, 0.25) is 0 Å². The molecule has 0 heterocycles. The zero-order valence-electron chi connectivity index (χ0n) is 10.3. The molecule has 0 radical (unpaired) electrons. The van der Waals surface area contributed by atoms with Crippen LogP contribution in [0.5, 0.6) is 0 Å². The van der Waals surface area contributed by atoms with E-state index >= 15 is 0 Å². The monoisotopic (exact) mass is 266 g/mol. The number of carboxylic acids is 2. The molecule has 0 spiro atoms. The maximum Gasteiger partial charge on any atom is 0.336 e. The molecular weight excluding hydrogens is 256 g/mol. The van der Waals surface area contributed by atoms with Crippen molar-refractivity contribution in [3.05, 3.63) is 59.7 Å². The number of carboxylic acid groups (broad SMARTS) is 2. The number of aliphatic carboxylic acids is 2. The molecule has 4 nitrogen and oxygen atoms in total. The van der Waals surface area contributed by atoms with E-state index in [0.717, 1.165) is 22.4 Å². The molecule has 2 aromatic carbocycles. The highest BCUT2D eigenvalue weighted by atomic mass is 16.4. The third-order valence-corrected chi connectivity index (χ3v) is 3.34. The molecule has 1 aliphatic carbocycles. The third kappa shape index (κ3) is 1.70. The zero-order chi connectivity index (χ0) is 14.3. The Bertz CT molecular complexity index is 807. The summed E-state index contributed by atoms with van der Waals surface area (Å²) in [6, 6.07) is 11.0. The van der Waals surface area contributed by atoms with Crippen molar-refractivity contribution in [2.75, 3.05) is 0 Å². The van der Waals surface area contributed by atoms with E-state index in [9.17, 15) is 14.7 Å². The van der Waals surface area contributed by atoms with Crippen molar-refractivity contribution in [1.82, 2.24) is 0 Å². The van der Waals surface area contributed by atoms with E-state index in [1.165, 1.54) is 6.08 Å². The number of hydrogen-bond acceptors (Lipinski definition) is 2. The highest BCUT2D eigenvalue weighted by Gasteiger charge is 2.26. The molecule has 0 saturated heterocycles. The maximum atomic E-state index is 11.5. The van der Waals surface area contributed by atoms with Crippen LogP contribution in [0, 0.1) is 0 Å². The van der Waals surface area contributed by atoms with Crippen molar-refractivity contribution in [3.8, 4) is 0 Å². The Kier molecular flexibility index (Phi) is 2.64. The number of hydrogen-bond donors (Lipinski definition) is 2. The second-order valence-electron chi connectivity index (χ2n) is 4.47. The fourth-order valence-electron chi connectivity index (χ4n) is 2.61. The van der Waals surface area contributed by atoms with Crippen LogP contribution in [0.1, 0.15) is 11.1 Å². The first-order valence-electron chi connectivity index (χ1n) is 6.00. The third-order valence-electron chi connectivity index (χ3n) is 3.34. The summed E-state index contributed by atoms with van der Waals surface area (Å²) >= 11 is 0. The summed E-state index contributed by atoms with van der Waals surface area (Å²) in [6.45, 7) is 0. The van der Waals surface area contributed by atoms with Crippen molar-refractivity contribution < 1.29 is 19.8 Å². The molecule has 0 aliphatic heterocycles. The van der Waals surface area contributed by atoms with Gasteiger partial charge in [-0.2, -0.15) is 0 Å². The van der Waals surface area contributed by atoms with Crippen LogP contribution in [0.25, 0.3) is 21.9 Å². The Morgan fingerprint density at radius 1 is 0.950 bits per heavy atom. The quantitative estimate of drug-likeness (QED) is 0.838. The van der Waals surface area contributed by atoms with Crippen LogP contribution in [0.15, 0.2) is 48.6 Å².